The van der Waals surface area contributed by atoms with Gasteiger partial charge in [-0.15, -0.1) is 0 Å². The molecule has 0 bridgehead atoms. The molecule has 1 fully saturated rings. The smallest absolute Gasteiger partial charge is 0.234 e. The molecule has 2 aromatic rings. The fourth-order valence-electron chi connectivity index (χ4n) is 2.64. The molecule has 1 unspecified atom stereocenters. The molecule has 0 saturated carbocycles. The van der Waals surface area contributed by atoms with Gasteiger partial charge in [-0.25, -0.2) is 8.42 Å². The SMILES string of the molecule is O=S(=O)(CC1CCCN1)Nc1ccc2ccccc2c1. The minimum atomic E-state index is -3.30. The number of sulfonamides is 1. The summed E-state index contributed by atoms with van der Waals surface area (Å²) in [6.45, 7) is 0.913. The molecule has 0 radical (unpaired) electrons. The maximum Gasteiger partial charge on any atom is 0.234 e. The summed E-state index contributed by atoms with van der Waals surface area (Å²) in [6.07, 6.45) is 1.98. The zero-order valence-electron chi connectivity index (χ0n) is 11.2. The molecule has 1 saturated heterocycles. The van der Waals surface area contributed by atoms with Crippen molar-refractivity contribution in [2.45, 2.75) is 18.9 Å². The molecule has 1 atom stereocenters. The molecule has 1 aliphatic rings. The molecule has 3 rings (SSSR count). The van der Waals surface area contributed by atoms with Gasteiger partial charge in [0, 0.05) is 11.7 Å². The number of fused-ring (bicyclic) bond motifs is 1. The van der Waals surface area contributed by atoms with E-state index in [4.69, 9.17) is 0 Å². The highest BCUT2D eigenvalue weighted by Crippen LogP contribution is 2.20. The van der Waals surface area contributed by atoms with Gasteiger partial charge in [0.1, 0.15) is 0 Å². The van der Waals surface area contributed by atoms with Gasteiger partial charge >= 0.3 is 0 Å². The predicted octanol–water partition coefficient (Wildman–Crippen LogP) is 2.33. The fourth-order valence-corrected chi connectivity index (χ4v) is 4.02. The summed E-state index contributed by atoms with van der Waals surface area (Å²) in [6, 6.07) is 13.6. The Morgan fingerprint density at radius 1 is 1.15 bits per heavy atom. The van der Waals surface area contributed by atoms with Gasteiger partial charge in [-0.05, 0) is 42.3 Å². The van der Waals surface area contributed by atoms with Crippen LogP contribution in [-0.4, -0.2) is 26.8 Å². The molecular weight excluding hydrogens is 272 g/mol. The number of nitrogens with one attached hydrogen (secondary N) is 2. The first-order chi connectivity index (χ1) is 9.62. The Morgan fingerprint density at radius 2 is 1.95 bits per heavy atom. The van der Waals surface area contributed by atoms with E-state index in [9.17, 15) is 8.42 Å². The Labute approximate surface area is 119 Å². The van der Waals surface area contributed by atoms with Crippen molar-refractivity contribution in [1.82, 2.24) is 5.32 Å². The Morgan fingerprint density at radius 3 is 2.70 bits per heavy atom. The summed E-state index contributed by atoms with van der Waals surface area (Å²) in [5.74, 6) is 0.139. The monoisotopic (exact) mass is 290 g/mol. The van der Waals surface area contributed by atoms with Gasteiger partial charge < -0.3 is 5.32 Å². The zero-order chi connectivity index (χ0) is 14.0. The van der Waals surface area contributed by atoms with Crippen molar-refractivity contribution in [2.24, 2.45) is 0 Å². The molecule has 1 heterocycles. The number of hydrogen-bond donors (Lipinski definition) is 2. The van der Waals surface area contributed by atoms with Crippen LogP contribution in [0.5, 0.6) is 0 Å². The molecule has 2 aromatic carbocycles. The second-order valence-corrected chi connectivity index (χ2v) is 7.01. The van der Waals surface area contributed by atoms with E-state index in [1.165, 1.54) is 0 Å². The first-order valence-corrected chi connectivity index (χ1v) is 8.50. The van der Waals surface area contributed by atoms with E-state index >= 15 is 0 Å². The van der Waals surface area contributed by atoms with E-state index in [-0.39, 0.29) is 11.8 Å². The van der Waals surface area contributed by atoms with Crippen LogP contribution in [0, 0.1) is 0 Å². The van der Waals surface area contributed by atoms with Crippen LogP contribution in [0.2, 0.25) is 0 Å². The fraction of sp³-hybridized carbons (Fsp3) is 0.333. The Bertz CT molecular complexity index is 707. The molecule has 106 valence electrons. The molecule has 2 N–H and O–H groups in total. The molecular formula is C15H18N2O2S. The van der Waals surface area contributed by atoms with Crippen LogP contribution < -0.4 is 10.0 Å². The second kappa shape index (κ2) is 5.42. The third-order valence-electron chi connectivity index (χ3n) is 3.61. The lowest BCUT2D eigenvalue weighted by Crippen LogP contribution is -2.32. The van der Waals surface area contributed by atoms with E-state index in [0.717, 1.165) is 30.2 Å². The van der Waals surface area contributed by atoms with Gasteiger partial charge in [-0.1, -0.05) is 30.3 Å². The highest BCUT2D eigenvalue weighted by atomic mass is 32.2. The molecule has 0 aliphatic carbocycles. The third kappa shape index (κ3) is 3.11. The van der Waals surface area contributed by atoms with Gasteiger partial charge in [-0.3, -0.25) is 4.72 Å². The van der Waals surface area contributed by atoms with Crippen LogP contribution in [0.25, 0.3) is 10.8 Å². The third-order valence-corrected chi connectivity index (χ3v) is 4.99. The van der Waals surface area contributed by atoms with Crippen molar-refractivity contribution in [1.29, 1.82) is 0 Å². The van der Waals surface area contributed by atoms with Crippen molar-refractivity contribution in [3.8, 4) is 0 Å². The van der Waals surface area contributed by atoms with Crippen LogP contribution >= 0.6 is 0 Å². The topological polar surface area (TPSA) is 58.2 Å². The maximum absolute atomic E-state index is 12.1. The van der Waals surface area contributed by atoms with Crippen molar-refractivity contribution in [3.63, 3.8) is 0 Å². The molecule has 0 aromatic heterocycles. The Balaban J connectivity index is 1.77. The van der Waals surface area contributed by atoms with Crippen LogP contribution in [0.15, 0.2) is 42.5 Å². The van der Waals surface area contributed by atoms with E-state index in [1.54, 1.807) is 0 Å². The minimum Gasteiger partial charge on any atom is -0.313 e. The summed E-state index contributed by atoms with van der Waals surface area (Å²) in [4.78, 5) is 0. The average molecular weight is 290 g/mol. The van der Waals surface area contributed by atoms with Crippen molar-refractivity contribution in [2.75, 3.05) is 17.0 Å². The summed E-state index contributed by atoms with van der Waals surface area (Å²) < 4.78 is 27.0. The van der Waals surface area contributed by atoms with Crippen LogP contribution in [0.4, 0.5) is 5.69 Å². The lowest BCUT2D eigenvalue weighted by atomic mass is 10.1. The predicted molar refractivity (Wildman–Crippen MR) is 82.4 cm³/mol. The lowest BCUT2D eigenvalue weighted by Gasteiger charge is -2.13. The molecule has 1 aliphatic heterocycles. The summed E-state index contributed by atoms with van der Waals surface area (Å²) in [5.41, 5.74) is 0.627. The van der Waals surface area contributed by atoms with Gasteiger partial charge in [0.25, 0.3) is 0 Å². The highest BCUT2D eigenvalue weighted by molar-refractivity contribution is 7.92. The number of benzene rings is 2. The summed E-state index contributed by atoms with van der Waals surface area (Å²) >= 11 is 0. The molecule has 0 spiro atoms. The first kappa shape index (κ1) is 13.4. The van der Waals surface area contributed by atoms with Crippen molar-refractivity contribution < 1.29 is 8.42 Å². The van der Waals surface area contributed by atoms with E-state index in [0.29, 0.717) is 5.69 Å². The van der Waals surface area contributed by atoms with E-state index in [2.05, 4.69) is 10.0 Å². The standard InChI is InChI=1S/C15H18N2O2S/c18-20(19,11-15-6-3-9-16-15)17-14-8-7-12-4-1-2-5-13(12)10-14/h1-2,4-5,7-8,10,15-17H,3,6,9,11H2. The summed E-state index contributed by atoms with van der Waals surface area (Å²) in [5, 5.41) is 5.35. The Hall–Kier alpha value is -1.59. The molecule has 0 amide bonds. The lowest BCUT2D eigenvalue weighted by molar-refractivity contribution is 0.582. The van der Waals surface area contributed by atoms with Gasteiger partial charge in [-0.2, -0.15) is 0 Å². The number of anilines is 1. The van der Waals surface area contributed by atoms with Crippen molar-refractivity contribution >= 4 is 26.5 Å². The maximum atomic E-state index is 12.1. The van der Waals surface area contributed by atoms with Gasteiger partial charge in [0.15, 0.2) is 0 Å². The minimum absolute atomic E-state index is 0.0768. The quantitative estimate of drug-likeness (QED) is 0.908. The van der Waals surface area contributed by atoms with Crippen LogP contribution in [-0.2, 0) is 10.0 Å². The largest absolute Gasteiger partial charge is 0.313 e. The second-order valence-electron chi connectivity index (χ2n) is 5.24. The first-order valence-electron chi connectivity index (χ1n) is 6.85. The van der Waals surface area contributed by atoms with Gasteiger partial charge in [0.05, 0.1) is 5.75 Å². The van der Waals surface area contributed by atoms with Crippen LogP contribution in [0.1, 0.15) is 12.8 Å². The van der Waals surface area contributed by atoms with Gasteiger partial charge in [0.2, 0.25) is 10.0 Å². The Kier molecular flexibility index (Phi) is 3.63. The molecule has 5 heteroatoms. The van der Waals surface area contributed by atoms with Crippen LogP contribution in [0.3, 0.4) is 0 Å². The molecule has 4 nitrogen and oxygen atoms in total. The number of hydrogen-bond acceptors (Lipinski definition) is 3. The average Bonchev–Trinajstić information content (AvgIpc) is 2.90. The highest BCUT2D eigenvalue weighted by Gasteiger charge is 2.21. The number of rotatable bonds is 4. The van der Waals surface area contributed by atoms with E-state index < -0.39 is 10.0 Å². The zero-order valence-corrected chi connectivity index (χ0v) is 12.0. The normalized spacial score (nSPS) is 19.3. The van der Waals surface area contributed by atoms with E-state index in [1.807, 2.05) is 42.5 Å². The summed E-state index contributed by atoms with van der Waals surface area (Å²) in [7, 11) is -3.30. The van der Waals surface area contributed by atoms with Crippen molar-refractivity contribution in [3.05, 3.63) is 42.5 Å². The molecule has 20 heavy (non-hydrogen) atoms.